The van der Waals surface area contributed by atoms with Gasteiger partial charge in [-0.05, 0) is 43.5 Å². The number of carbonyl (C=O) groups is 1. The third-order valence-electron chi connectivity index (χ3n) is 5.43. The van der Waals surface area contributed by atoms with Gasteiger partial charge in [-0.3, -0.25) is 5.32 Å². The third-order valence-corrected chi connectivity index (χ3v) is 5.43. The van der Waals surface area contributed by atoms with Crippen molar-refractivity contribution in [3.8, 4) is 0 Å². The number of urea groups is 1. The predicted octanol–water partition coefficient (Wildman–Crippen LogP) is 5.26. The van der Waals surface area contributed by atoms with E-state index in [1.807, 2.05) is 36.4 Å². The first-order valence-electron chi connectivity index (χ1n) is 10.3. The standard InChI is InChI=1S/C23H27N5O/c1-16(17-8-4-2-5-9-17)25-20-13-12-18-15-24-22(27-21(18)14-20)28-23(29)26-19-10-6-3-7-11-19/h2,4-5,8-9,12-16,19,25H,3,6-7,10-11H2,1H3,(H2,24,26,27,28,29)/t16-/m1/s1. The minimum Gasteiger partial charge on any atom is -0.378 e. The van der Waals surface area contributed by atoms with Crippen LogP contribution >= 0.6 is 0 Å². The molecule has 0 bridgehead atoms. The van der Waals surface area contributed by atoms with E-state index < -0.39 is 0 Å². The lowest BCUT2D eigenvalue weighted by atomic mass is 9.96. The van der Waals surface area contributed by atoms with Crippen LogP contribution < -0.4 is 16.0 Å². The minimum absolute atomic E-state index is 0.175. The van der Waals surface area contributed by atoms with Gasteiger partial charge >= 0.3 is 6.03 Å². The number of anilines is 2. The second kappa shape index (κ2) is 8.90. The number of hydrogen-bond donors (Lipinski definition) is 3. The van der Waals surface area contributed by atoms with Crippen LogP contribution in [0.1, 0.15) is 50.6 Å². The molecule has 3 aromatic rings. The summed E-state index contributed by atoms with van der Waals surface area (Å²) in [6.45, 7) is 2.13. The second-order valence-electron chi connectivity index (χ2n) is 7.68. The van der Waals surface area contributed by atoms with Gasteiger partial charge in [-0.15, -0.1) is 0 Å². The molecule has 2 aromatic carbocycles. The summed E-state index contributed by atoms with van der Waals surface area (Å²) in [4.78, 5) is 21.1. The van der Waals surface area contributed by atoms with E-state index in [1.165, 1.54) is 24.8 Å². The molecule has 0 unspecified atom stereocenters. The average molecular weight is 390 g/mol. The summed E-state index contributed by atoms with van der Waals surface area (Å²) >= 11 is 0. The molecule has 6 heteroatoms. The topological polar surface area (TPSA) is 78.9 Å². The van der Waals surface area contributed by atoms with Crippen molar-refractivity contribution in [2.75, 3.05) is 10.6 Å². The quantitative estimate of drug-likeness (QED) is 0.556. The van der Waals surface area contributed by atoms with Crippen LogP contribution in [-0.4, -0.2) is 22.0 Å². The van der Waals surface area contributed by atoms with Crippen molar-refractivity contribution >= 4 is 28.6 Å². The summed E-state index contributed by atoms with van der Waals surface area (Å²) in [6, 6.07) is 16.5. The molecule has 1 fully saturated rings. The van der Waals surface area contributed by atoms with Gasteiger partial charge in [0.25, 0.3) is 0 Å². The van der Waals surface area contributed by atoms with Crippen LogP contribution in [0.4, 0.5) is 16.4 Å². The molecule has 1 atom stereocenters. The number of carbonyl (C=O) groups excluding carboxylic acids is 1. The highest BCUT2D eigenvalue weighted by Gasteiger charge is 2.16. The average Bonchev–Trinajstić information content (AvgIpc) is 2.75. The number of amides is 2. The highest BCUT2D eigenvalue weighted by molar-refractivity contribution is 5.89. The minimum atomic E-state index is -0.233. The number of fused-ring (bicyclic) bond motifs is 1. The first kappa shape index (κ1) is 19.2. The Morgan fingerprint density at radius 1 is 1.07 bits per heavy atom. The van der Waals surface area contributed by atoms with Gasteiger partial charge in [0.05, 0.1) is 5.52 Å². The molecule has 1 heterocycles. The Kier molecular flexibility index (Phi) is 5.89. The molecular weight excluding hydrogens is 362 g/mol. The van der Waals surface area contributed by atoms with Gasteiger partial charge in [-0.25, -0.2) is 14.8 Å². The number of aromatic nitrogens is 2. The van der Waals surface area contributed by atoms with E-state index in [0.29, 0.717) is 5.95 Å². The highest BCUT2D eigenvalue weighted by Crippen LogP contribution is 2.23. The molecule has 2 amide bonds. The van der Waals surface area contributed by atoms with E-state index in [4.69, 9.17) is 0 Å². The maximum Gasteiger partial charge on any atom is 0.321 e. The fourth-order valence-electron chi connectivity index (χ4n) is 3.82. The predicted molar refractivity (Wildman–Crippen MR) is 117 cm³/mol. The summed E-state index contributed by atoms with van der Waals surface area (Å²) in [5.41, 5.74) is 2.99. The number of benzene rings is 2. The van der Waals surface area contributed by atoms with Gasteiger partial charge in [-0.2, -0.15) is 0 Å². The second-order valence-corrected chi connectivity index (χ2v) is 7.68. The zero-order valence-electron chi connectivity index (χ0n) is 16.7. The van der Waals surface area contributed by atoms with Gasteiger partial charge in [0.15, 0.2) is 0 Å². The lowest BCUT2D eigenvalue weighted by molar-refractivity contribution is 0.244. The summed E-state index contributed by atoms with van der Waals surface area (Å²) in [5, 5.41) is 10.2. The number of hydrogen-bond acceptors (Lipinski definition) is 4. The van der Waals surface area contributed by atoms with Crippen molar-refractivity contribution in [2.45, 2.75) is 51.1 Å². The van der Waals surface area contributed by atoms with Gasteiger partial charge in [0, 0.05) is 29.4 Å². The monoisotopic (exact) mass is 389 g/mol. The van der Waals surface area contributed by atoms with Gasteiger partial charge in [0.2, 0.25) is 5.95 Å². The Bertz CT molecular complexity index is 969. The van der Waals surface area contributed by atoms with E-state index in [-0.39, 0.29) is 18.1 Å². The molecule has 6 nitrogen and oxygen atoms in total. The van der Waals surface area contributed by atoms with E-state index in [1.54, 1.807) is 6.20 Å². The molecule has 29 heavy (non-hydrogen) atoms. The van der Waals surface area contributed by atoms with Crippen molar-refractivity contribution in [1.29, 1.82) is 0 Å². The summed E-state index contributed by atoms with van der Waals surface area (Å²) in [5.74, 6) is 0.319. The van der Waals surface area contributed by atoms with Gasteiger partial charge in [-0.1, -0.05) is 49.6 Å². The fraction of sp³-hybridized carbons (Fsp3) is 0.348. The maximum absolute atomic E-state index is 12.3. The molecule has 3 N–H and O–H groups in total. The van der Waals surface area contributed by atoms with Gasteiger partial charge < -0.3 is 10.6 Å². The smallest absolute Gasteiger partial charge is 0.321 e. The van der Waals surface area contributed by atoms with Crippen molar-refractivity contribution in [3.63, 3.8) is 0 Å². The van der Waals surface area contributed by atoms with E-state index >= 15 is 0 Å². The fourth-order valence-corrected chi connectivity index (χ4v) is 3.82. The Labute approximate surface area is 171 Å². The van der Waals surface area contributed by atoms with Crippen molar-refractivity contribution in [1.82, 2.24) is 15.3 Å². The van der Waals surface area contributed by atoms with Crippen LogP contribution in [0.5, 0.6) is 0 Å². The Morgan fingerprint density at radius 3 is 2.66 bits per heavy atom. The van der Waals surface area contributed by atoms with E-state index in [9.17, 15) is 4.79 Å². The first-order chi connectivity index (χ1) is 14.2. The Hall–Kier alpha value is -3.15. The van der Waals surface area contributed by atoms with Crippen molar-refractivity contribution in [2.24, 2.45) is 0 Å². The molecular formula is C23H27N5O. The number of nitrogens with zero attached hydrogens (tertiary/aromatic N) is 2. The largest absolute Gasteiger partial charge is 0.378 e. The molecule has 1 aromatic heterocycles. The maximum atomic E-state index is 12.3. The lowest BCUT2D eigenvalue weighted by Crippen LogP contribution is -2.39. The van der Waals surface area contributed by atoms with Gasteiger partial charge in [0.1, 0.15) is 0 Å². The van der Waals surface area contributed by atoms with Crippen LogP contribution in [0.15, 0.2) is 54.7 Å². The van der Waals surface area contributed by atoms with Crippen LogP contribution in [-0.2, 0) is 0 Å². The number of nitrogens with one attached hydrogen (secondary N) is 3. The number of rotatable bonds is 5. The molecule has 1 aliphatic rings. The molecule has 4 rings (SSSR count). The molecule has 0 radical (unpaired) electrons. The van der Waals surface area contributed by atoms with Crippen molar-refractivity contribution in [3.05, 3.63) is 60.3 Å². The Morgan fingerprint density at radius 2 is 1.86 bits per heavy atom. The molecule has 1 aliphatic carbocycles. The van der Waals surface area contributed by atoms with Crippen LogP contribution in [0.25, 0.3) is 10.9 Å². The van der Waals surface area contributed by atoms with Crippen LogP contribution in [0.3, 0.4) is 0 Å². The van der Waals surface area contributed by atoms with Crippen LogP contribution in [0.2, 0.25) is 0 Å². The summed E-state index contributed by atoms with van der Waals surface area (Å²) < 4.78 is 0. The third kappa shape index (κ3) is 5.02. The molecule has 150 valence electrons. The Balaban J connectivity index is 1.44. The zero-order chi connectivity index (χ0) is 20.1. The normalized spacial score (nSPS) is 15.6. The molecule has 0 aliphatic heterocycles. The van der Waals surface area contributed by atoms with Crippen LogP contribution in [0, 0.1) is 0 Å². The van der Waals surface area contributed by atoms with E-state index in [2.05, 4.69) is 45.0 Å². The summed E-state index contributed by atoms with van der Waals surface area (Å²) in [7, 11) is 0. The lowest BCUT2D eigenvalue weighted by Gasteiger charge is -2.22. The van der Waals surface area contributed by atoms with Crippen molar-refractivity contribution < 1.29 is 4.79 Å². The SMILES string of the molecule is C[C@@H](Nc1ccc2cnc(NC(=O)NC3CCCCC3)nc2c1)c1ccccc1. The van der Waals surface area contributed by atoms with E-state index in [0.717, 1.165) is 29.4 Å². The first-order valence-corrected chi connectivity index (χ1v) is 10.3. The highest BCUT2D eigenvalue weighted by atomic mass is 16.2. The zero-order valence-corrected chi connectivity index (χ0v) is 16.7. The molecule has 0 saturated heterocycles. The molecule has 1 saturated carbocycles. The summed E-state index contributed by atoms with van der Waals surface area (Å²) in [6.07, 6.45) is 7.43. The molecule has 0 spiro atoms.